The number of nitrogens with two attached hydrogens (primary N) is 1. The molecule has 0 unspecified atom stereocenters. The van der Waals surface area contributed by atoms with Crippen LogP contribution in [-0.2, 0) is 6.61 Å². The molecule has 3 rings (SSSR count). The predicted octanol–water partition coefficient (Wildman–Crippen LogP) is 2.12. The molecule has 0 bridgehead atoms. The van der Waals surface area contributed by atoms with Crippen LogP contribution in [0.5, 0.6) is 0 Å². The van der Waals surface area contributed by atoms with Crippen molar-refractivity contribution in [1.29, 1.82) is 0 Å². The standard InChI is InChI=1S/C14H11FN4O3/c15-10-2-1-9(6-11(10)19(21)22)13-14(16)18-4-3-8(7-20)5-12(18)17-13/h1-6,20H,7,16H2. The number of nitrogens with zero attached hydrogens (tertiary/aromatic N) is 3. The molecule has 0 aliphatic carbocycles. The molecule has 0 saturated heterocycles. The first-order valence-electron chi connectivity index (χ1n) is 6.33. The summed E-state index contributed by atoms with van der Waals surface area (Å²) in [4.78, 5) is 14.3. The lowest BCUT2D eigenvalue weighted by Gasteiger charge is -2.01. The van der Waals surface area contributed by atoms with Crippen molar-refractivity contribution in [2.75, 3.05) is 5.73 Å². The maximum Gasteiger partial charge on any atom is 0.305 e. The van der Waals surface area contributed by atoms with E-state index in [1.807, 2.05) is 0 Å². The van der Waals surface area contributed by atoms with Gasteiger partial charge >= 0.3 is 5.69 Å². The SMILES string of the molecule is Nc1c(-c2ccc(F)c([N+](=O)[O-])c2)nc2cc(CO)ccn12. The van der Waals surface area contributed by atoms with Gasteiger partial charge in [-0.25, -0.2) is 4.98 Å². The molecule has 22 heavy (non-hydrogen) atoms. The number of fused-ring (bicyclic) bond motifs is 1. The molecule has 0 fully saturated rings. The fraction of sp³-hybridized carbons (Fsp3) is 0.0714. The van der Waals surface area contributed by atoms with E-state index in [9.17, 15) is 14.5 Å². The molecule has 3 aromatic rings. The zero-order valence-corrected chi connectivity index (χ0v) is 11.2. The summed E-state index contributed by atoms with van der Waals surface area (Å²) in [6.07, 6.45) is 1.64. The van der Waals surface area contributed by atoms with E-state index in [0.717, 1.165) is 12.1 Å². The van der Waals surface area contributed by atoms with Crippen molar-refractivity contribution < 1.29 is 14.4 Å². The summed E-state index contributed by atoms with van der Waals surface area (Å²) < 4.78 is 15.0. The highest BCUT2D eigenvalue weighted by atomic mass is 19.1. The number of nitro benzene ring substituents is 1. The molecule has 2 heterocycles. The van der Waals surface area contributed by atoms with Crippen molar-refractivity contribution in [3.63, 3.8) is 0 Å². The Bertz CT molecular complexity index is 891. The van der Waals surface area contributed by atoms with Crippen molar-refractivity contribution >= 4 is 17.2 Å². The first-order valence-corrected chi connectivity index (χ1v) is 6.33. The monoisotopic (exact) mass is 302 g/mol. The summed E-state index contributed by atoms with van der Waals surface area (Å²) in [5, 5.41) is 20.0. The molecule has 0 spiro atoms. The summed E-state index contributed by atoms with van der Waals surface area (Å²) in [5.74, 6) is -0.640. The quantitative estimate of drug-likeness (QED) is 0.569. The number of rotatable bonds is 3. The van der Waals surface area contributed by atoms with Gasteiger partial charge in [-0.15, -0.1) is 0 Å². The van der Waals surface area contributed by atoms with E-state index >= 15 is 0 Å². The zero-order valence-electron chi connectivity index (χ0n) is 11.2. The molecule has 0 atom stereocenters. The fourth-order valence-electron chi connectivity index (χ4n) is 2.22. The Morgan fingerprint density at radius 2 is 2.14 bits per heavy atom. The van der Waals surface area contributed by atoms with E-state index in [1.165, 1.54) is 6.07 Å². The number of hydrogen-bond donors (Lipinski definition) is 2. The average molecular weight is 302 g/mol. The number of anilines is 1. The molecule has 0 aliphatic heterocycles. The van der Waals surface area contributed by atoms with Gasteiger partial charge in [0.1, 0.15) is 17.2 Å². The van der Waals surface area contributed by atoms with Gasteiger partial charge in [-0.2, -0.15) is 4.39 Å². The topological polar surface area (TPSA) is 107 Å². The van der Waals surface area contributed by atoms with Gasteiger partial charge in [0.2, 0.25) is 5.82 Å². The molecule has 0 amide bonds. The Hall–Kier alpha value is -3.00. The average Bonchev–Trinajstić information content (AvgIpc) is 2.84. The summed E-state index contributed by atoms with van der Waals surface area (Å²) in [7, 11) is 0. The molecule has 112 valence electrons. The van der Waals surface area contributed by atoms with E-state index in [1.54, 1.807) is 22.7 Å². The van der Waals surface area contributed by atoms with E-state index < -0.39 is 16.4 Å². The number of benzene rings is 1. The van der Waals surface area contributed by atoms with Gasteiger partial charge in [-0.05, 0) is 29.8 Å². The smallest absolute Gasteiger partial charge is 0.305 e. The number of nitrogen functional groups attached to an aromatic ring is 1. The van der Waals surface area contributed by atoms with E-state index in [-0.39, 0.29) is 12.4 Å². The van der Waals surface area contributed by atoms with Crippen molar-refractivity contribution in [3.05, 3.63) is 58.0 Å². The lowest BCUT2D eigenvalue weighted by atomic mass is 10.1. The summed E-state index contributed by atoms with van der Waals surface area (Å²) >= 11 is 0. The highest BCUT2D eigenvalue weighted by Gasteiger charge is 2.18. The third kappa shape index (κ3) is 2.15. The molecule has 0 radical (unpaired) electrons. The number of aliphatic hydroxyl groups excluding tert-OH is 1. The van der Waals surface area contributed by atoms with E-state index in [4.69, 9.17) is 10.8 Å². The van der Waals surface area contributed by atoms with E-state index in [2.05, 4.69) is 4.98 Å². The van der Waals surface area contributed by atoms with Gasteiger partial charge in [-0.1, -0.05) is 0 Å². The predicted molar refractivity (Wildman–Crippen MR) is 77.6 cm³/mol. The highest BCUT2D eigenvalue weighted by molar-refractivity contribution is 5.76. The van der Waals surface area contributed by atoms with Crippen LogP contribution in [0.4, 0.5) is 15.9 Å². The summed E-state index contributed by atoms with van der Waals surface area (Å²) in [5.41, 5.74) is 7.18. The number of hydrogen-bond acceptors (Lipinski definition) is 5. The van der Waals surface area contributed by atoms with Crippen LogP contribution < -0.4 is 5.73 Å². The highest BCUT2D eigenvalue weighted by Crippen LogP contribution is 2.30. The Balaban J connectivity index is 2.20. The fourth-order valence-corrected chi connectivity index (χ4v) is 2.22. The van der Waals surface area contributed by atoms with Gasteiger partial charge in [0.05, 0.1) is 11.5 Å². The van der Waals surface area contributed by atoms with Crippen LogP contribution >= 0.6 is 0 Å². The molecular weight excluding hydrogens is 291 g/mol. The molecule has 2 aromatic heterocycles. The van der Waals surface area contributed by atoms with E-state index in [0.29, 0.717) is 22.5 Å². The third-order valence-corrected chi connectivity index (χ3v) is 3.33. The van der Waals surface area contributed by atoms with Crippen LogP contribution in [-0.4, -0.2) is 19.4 Å². The first-order chi connectivity index (χ1) is 10.5. The Labute approximate surface area is 123 Å². The Morgan fingerprint density at radius 3 is 2.82 bits per heavy atom. The molecule has 0 saturated carbocycles. The van der Waals surface area contributed by atoms with Gasteiger partial charge in [0.15, 0.2) is 0 Å². The van der Waals surface area contributed by atoms with Crippen LogP contribution in [0.15, 0.2) is 36.5 Å². The molecule has 1 aromatic carbocycles. The van der Waals surface area contributed by atoms with Crippen LogP contribution in [0, 0.1) is 15.9 Å². The lowest BCUT2D eigenvalue weighted by molar-refractivity contribution is -0.387. The van der Waals surface area contributed by atoms with Crippen LogP contribution in [0.25, 0.3) is 16.9 Å². The normalized spacial score (nSPS) is 11.0. The first kappa shape index (κ1) is 14.0. The van der Waals surface area contributed by atoms with Gasteiger partial charge in [0, 0.05) is 17.8 Å². The molecular formula is C14H11FN4O3. The summed E-state index contributed by atoms with van der Waals surface area (Å²) in [6.45, 7) is -0.138. The number of halogens is 1. The minimum Gasteiger partial charge on any atom is -0.392 e. The number of aromatic nitrogens is 2. The van der Waals surface area contributed by atoms with Gasteiger partial charge in [0.25, 0.3) is 0 Å². The zero-order chi connectivity index (χ0) is 15.9. The van der Waals surface area contributed by atoms with Crippen LogP contribution in [0.2, 0.25) is 0 Å². The van der Waals surface area contributed by atoms with Gasteiger partial charge in [-0.3, -0.25) is 14.5 Å². The number of pyridine rings is 1. The third-order valence-electron chi connectivity index (χ3n) is 3.33. The van der Waals surface area contributed by atoms with Crippen molar-refractivity contribution in [2.24, 2.45) is 0 Å². The number of nitro groups is 1. The number of imidazole rings is 1. The lowest BCUT2D eigenvalue weighted by Crippen LogP contribution is -1.96. The second-order valence-corrected chi connectivity index (χ2v) is 4.69. The Morgan fingerprint density at radius 1 is 1.36 bits per heavy atom. The maximum atomic E-state index is 13.4. The summed E-state index contributed by atoms with van der Waals surface area (Å²) in [6, 6.07) is 6.82. The second-order valence-electron chi connectivity index (χ2n) is 4.69. The minimum atomic E-state index is -0.918. The minimum absolute atomic E-state index is 0.138. The van der Waals surface area contributed by atoms with Crippen molar-refractivity contribution in [1.82, 2.24) is 9.38 Å². The molecule has 3 N–H and O–H groups in total. The van der Waals surface area contributed by atoms with Crippen molar-refractivity contribution in [2.45, 2.75) is 6.61 Å². The van der Waals surface area contributed by atoms with Crippen LogP contribution in [0.3, 0.4) is 0 Å². The molecule has 7 nitrogen and oxygen atoms in total. The van der Waals surface area contributed by atoms with Gasteiger partial charge < -0.3 is 10.8 Å². The van der Waals surface area contributed by atoms with Crippen molar-refractivity contribution in [3.8, 4) is 11.3 Å². The largest absolute Gasteiger partial charge is 0.392 e. The second kappa shape index (κ2) is 5.08. The number of aliphatic hydroxyl groups is 1. The molecule has 0 aliphatic rings. The Kier molecular flexibility index (Phi) is 3.22. The van der Waals surface area contributed by atoms with Crippen LogP contribution in [0.1, 0.15) is 5.56 Å². The maximum absolute atomic E-state index is 13.4. The molecule has 8 heteroatoms.